The summed E-state index contributed by atoms with van der Waals surface area (Å²) in [6.45, 7) is 1.93. The fourth-order valence-corrected chi connectivity index (χ4v) is 4.23. The molecule has 3 aromatic carbocycles. The maximum atomic E-state index is 13.2. The highest BCUT2D eigenvalue weighted by Crippen LogP contribution is 2.27. The van der Waals surface area contributed by atoms with Crippen LogP contribution in [0.4, 0.5) is 11.4 Å². The first-order chi connectivity index (χ1) is 16.2. The summed E-state index contributed by atoms with van der Waals surface area (Å²) in [5, 5.41) is 6.62. The van der Waals surface area contributed by atoms with Crippen molar-refractivity contribution in [3.63, 3.8) is 0 Å². The molecule has 4 aromatic rings. The first-order valence-corrected chi connectivity index (χ1v) is 11.5. The lowest BCUT2D eigenvalue weighted by Crippen LogP contribution is -2.36. The average molecular weight is 560 g/mol. The van der Waals surface area contributed by atoms with E-state index >= 15 is 0 Å². The third kappa shape index (κ3) is 5.09. The number of fused-ring (bicyclic) bond motifs is 1. The monoisotopic (exact) mass is 558 g/mol. The van der Waals surface area contributed by atoms with Gasteiger partial charge in [-0.1, -0.05) is 41.4 Å². The highest BCUT2D eigenvalue weighted by Gasteiger charge is 2.22. The summed E-state index contributed by atoms with van der Waals surface area (Å²) in [6.07, 6.45) is 0. The highest BCUT2D eigenvalue weighted by molar-refractivity contribution is 9.10. The Morgan fingerprint density at radius 1 is 0.853 bits per heavy atom. The van der Waals surface area contributed by atoms with E-state index in [0.29, 0.717) is 26.1 Å². The van der Waals surface area contributed by atoms with E-state index in [1.54, 1.807) is 54.6 Å². The van der Waals surface area contributed by atoms with Gasteiger partial charge in [-0.15, -0.1) is 0 Å². The van der Waals surface area contributed by atoms with Crippen molar-refractivity contribution in [2.45, 2.75) is 6.92 Å². The molecule has 172 valence electrons. The van der Waals surface area contributed by atoms with E-state index in [9.17, 15) is 14.4 Å². The number of amides is 3. The van der Waals surface area contributed by atoms with Crippen molar-refractivity contribution in [1.82, 2.24) is 4.68 Å². The third-order valence-electron chi connectivity index (χ3n) is 4.91. The predicted octanol–water partition coefficient (Wildman–Crippen LogP) is 5.98. The Morgan fingerprint density at radius 3 is 2.35 bits per heavy atom. The summed E-state index contributed by atoms with van der Waals surface area (Å²) in [5.41, 5.74) is 4.93. The minimum atomic E-state index is -0.988. The van der Waals surface area contributed by atoms with Crippen molar-refractivity contribution in [2.75, 3.05) is 16.1 Å². The molecule has 0 saturated carbocycles. The minimum absolute atomic E-state index is 0.101. The second kappa shape index (κ2) is 9.89. The number of anilines is 2. The molecule has 0 atom stereocenters. The van der Waals surface area contributed by atoms with Gasteiger partial charge in [-0.2, -0.15) is 0 Å². The Kier molecular flexibility index (Phi) is 6.92. The van der Waals surface area contributed by atoms with E-state index < -0.39 is 17.7 Å². The van der Waals surface area contributed by atoms with Gasteiger partial charge in [0.1, 0.15) is 5.69 Å². The van der Waals surface area contributed by atoms with Gasteiger partial charge in [0.2, 0.25) is 0 Å². The second-order valence-electron chi connectivity index (χ2n) is 7.38. The lowest BCUT2D eigenvalue weighted by molar-refractivity contribution is -0.133. The molecule has 1 heterocycles. The van der Waals surface area contributed by atoms with Crippen LogP contribution in [0.2, 0.25) is 10.0 Å². The van der Waals surface area contributed by atoms with Crippen LogP contribution in [0.15, 0.2) is 71.2 Å². The zero-order valence-electron chi connectivity index (χ0n) is 17.7. The zero-order chi connectivity index (χ0) is 24.4. The molecule has 0 saturated heterocycles. The molecule has 0 aliphatic heterocycles. The topological polar surface area (TPSA) is 92.2 Å². The number of carbonyl (C=O) groups excluding carboxylic acids is 3. The fraction of sp³-hybridized carbons (Fsp3) is 0.0417. The number of hydrogen-bond acceptors (Lipinski definition) is 3. The van der Waals surface area contributed by atoms with E-state index in [0.717, 1.165) is 5.56 Å². The van der Waals surface area contributed by atoms with Crippen LogP contribution in [0.3, 0.4) is 0 Å². The van der Waals surface area contributed by atoms with Gasteiger partial charge in [0.15, 0.2) is 0 Å². The van der Waals surface area contributed by atoms with Crippen LogP contribution in [-0.4, -0.2) is 22.4 Å². The normalized spacial score (nSPS) is 10.7. The number of hydrogen-bond donors (Lipinski definition) is 3. The molecule has 3 N–H and O–H groups in total. The van der Waals surface area contributed by atoms with E-state index in [4.69, 9.17) is 23.2 Å². The Hall–Kier alpha value is -3.33. The van der Waals surface area contributed by atoms with Crippen molar-refractivity contribution in [1.29, 1.82) is 0 Å². The number of carbonyl (C=O) groups is 3. The van der Waals surface area contributed by atoms with E-state index in [1.807, 2.05) is 19.1 Å². The predicted molar refractivity (Wildman–Crippen MR) is 138 cm³/mol. The van der Waals surface area contributed by atoms with Crippen molar-refractivity contribution < 1.29 is 14.4 Å². The molecular formula is C24H17BrCl2N4O3. The van der Waals surface area contributed by atoms with Gasteiger partial charge >= 0.3 is 11.8 Å². The largest absolute Gasteiger partial charge is 0.328 e. The standard InChI is InChI=1S/C24H17BrCl2N4O3/c1-13-6-8-18(16(25)10-13)28-22(32)21-12-14-11-15(26)7-9-20(14)31(21)30-24(34)23(33)29-19-5-3-2-4-17(19)27/h2-12H,1H3,(H,28,32)(H,29,33)(H,30,34). The lowest BCUT2D eigenvalue weighted by Gasteiger charge is -2.13. The van der Waals surface area contributed by atoms with Crippen LogP contribution in [0.25, 0.3) is 10.9 Å². The van der Waals surface area contributed by atoms with Crippen LogP contribution in [0.1, 0.15) is 16.1 Å². The van der Waals surface area contributed by atoms with Crippen LogP contribution < -0.4 is 16.1 Å². The molecule has 0 unspecified atom stereocenters. The number of aryl methyl sites for hydroxylation is 1. The van der Waals surface area contributed by atoms with Gasteiger partial charge in [0.25, 0.3) is 5.91 Å². The Labute approximate surface area is 213 Å². The molecule has 3 amide bonds. The average Bonchev–Trinajstić information content (AvgIpc) is 3.14. The summed E-state index contributed by atoms with van der Waals surface area (Å²) in [4.78, 5) is 38.4. The number of benzene rings is 3. The molecule has 4 rings (SSSR count). The molecule has 7 nitrogen and oxygen atoms in total. The number of nitrogens with zero attached hydrogens (tertiary/aromatic N) is 1. The molecule has 0 fully saturated rings. The number of halogens is 3. The van der Waals surface area contributed by atoms with Gasteiger partial charge in [-0.25, -0.2) is 4.68 Å². The molecular weight excluding hydrogens is 543 g/mol. The Balaban J connectivity index is 1.65. The summed E-state index contributed by atoms with van der Waals surface area (Å²) >= 11 is 15.6. The smallest absolute Gasteiger partial charge is 0.320 e. The molecule has 0 spiro atoms. The van der Waals surface area contributed by atoms with Crippen LogP contribution in [-0.2, 0) is 9.59 Å². The number of aromatic nitrogens is 1. The maximum Gasteiger partial charge on any atom is 0.328 e. The van der Waals surface area contributed by atoms with Gasteiger partial charge in [-0.3, -0.25) is 19.8 Å². The molecule has 0 aliphatic carbocycles. The first-order valence-electron chi connectivity index (χ1n) is 9.98. The maximum absolute atomic E-state index is 13.2. The second-order valence-corrected chi connectivity index (χ2v) is 9.08. The Bertz CT molecular complexity index is 1450. The van der Waals surface area contributed by atoms with Gasteiger partial charge in [0, 0.05) is 14.9 Å². The van der Waals surface area contributed by atoms with E-state index in [-0.39, 0.29) is 16.4 Å². The summed E-state index contributed by atoms with van der Waals surface area (Å²) in [7, 11) is 0. The molecule has 0 aliphatic rings. The van der Waals surface area contributed by atoms with Crippen molar-refractivity contribution in [3.05, 3.63) is 92.5 Å². The SMILES string of the molecule is Cc1ccc(NC(=O)c2cc3cc(Cl)ccc3n2NC(=O)C(=O)Nc2ccccc2Cl)c(Br)c1. The molecule has 0 radical (unpaired) electrons. The Morgan fingerprint density at radius 2 is 1.62 bits per heavy atom. The summed E-state index contributed by atoms with van der Waals surface area (Å²) < 4.78 is 1.95. The van der Waals surface area contributed by atoms with E-state index in [2.05, 4.69) is 32.0 Å². The lowest BCUT2D eigenvalue weighted by atomic mass is 10.2. The molecule has 1 aromatic heterocycles. The molecule has 34 heavy (non-hydrogen) atoms. The van der Waals surface area contributed by atoms with Crippen LogP contribution in [0, 0.1) is 6.92 Å². The van der Waals surface area contributed by atoms with Crippen molar-refractivity contribution in [2.24, 2.45) is 0 Å². The first kappa shape index (κ1) is 23.8. The summed E-state index contributed by atoms with van der Waals surface area (Å²) in [6, 6.07) is 18.5. The van der Waals surface area contributed by atoms with Gasteiger partial charge < -0.3 is 10.6 Å². The van der Waals surface area contributed by atoms with E-state index in [1.165, 1.54) is 4.68 Å². The third-order valence-corrected chi connectivity index (χ3v) is 6.13. The number of nitrogens with one attached hydrogen (secondary N) is 3. The molecule has 10 heteroatoms. The van der Waals surface area contributed by atoms with Crippen LogP contribution in [0.5, 0.6) is 0 Å². The van der Waals surface area contributed by atoms with Crippen LogP contribution >= 0.6 is 39.1 Å². The molecule has 0 bridgehead atoms. The number of para-hydroxylation sites is 1. The minimum Gasteiger partial charge on any atom is -0.320 e. The highest BCUT2D eigenvalue weighted by atomic mass is 79.9. The van der Waals surface area contributed by atoms with Gasteiger partial charge in [0.05, 0.1) is 21.9 Å². The zero-order valence-corrected chi connectivity index (χ0v) is 20.8. The quantitative estimate of drug-likeness (QED) is 0.268. The van der Waals surface area contributed by atoms with Gasteiger partial charge in [-0.05, 0) is 76.9 Å². The van der Waals surface area contributed by atoms with Crippen molar-refractivity contribution in [3.8, 4) is 0 Å². The fourth-order valence-electron chi connectivity index (χ4n) is 3.28. The van der Waals surface area contributed by atoms with Crippen molar-refractivity contribution >= 4 is 79.1 Å². The number of rotatable bonds is 4. The summed E-state index contributed by atoms with van der Waals surface area (Å²) in [5.74, 6) is -2.43.